The summed E-state index contributed by atoms with van der Waals surface area (Å²) in [6, 6.07) is 5.70. The van der Waals surface area contributed by atoms with Gasteiger partial charge in [0.05, 0.1) is 13.7 Å². The van der Waals surface area contributed by atoms with Crippen LogP contribution in [0.25, 0.3) is 0 Å². The quantitative estimate of drug-likeness (QED) is 0.768. The van der Waals surface area contributed by atoms with Gasteiger partial charge in [-0.15, -0.1) is 0 Å². The number of urea groups is 1. The van der Waals surface area contributed by atoms with Crippen LogP contribution in [0.15, 0.2) is 18.2 Å². The Balaban J connectivity index is 2.46. The van der Waals surface area contributed by atoms with Crippen LogP contribution in [-0.4, -0.2) is 32.8 Å². The third-order valence-electron chi connectivity index (χ3n) is 2.76. The van der Waals surface area contributed by atoms with Crippen LogP contribution in [0.2, 0.25) is 0 Å². The van der Waals surface area contributed by atoms with Gasteiger partial charge in [0, 0.05) is 13.1 Å². The Labute approximate surface area is 120 Å². The van der Waals surface area contributed by atoms with Crippen molar-refractivity contribution in [2.24, 2.45) is 0 Å². The molecule has 0 aliphatic heterocycles. The SMILES string of the molecule is CCCNC(=O)NCCc1ccc(OCC)c(OC)c1. The summed E-state index contributed by atoms with van der Waals surface area (Å²) in [6.45, 7) is 5.85. The molecule has 0 saturated carbocycles. The first-order chi connectivity index (χ1) is 9.71. The summed E-state index contributed by atoms with van der Waals surface area (Å²) in [5, 5.41) is 5.59. The van der Waals surface area contributed by atoms with Crippen molar-refractivity contribution >= 4 is 6.03 Å². The van der Waals surface area contributed by atoms with E-state index in [4.69, 9.17) is 9.47 Å². The van der Waals surface area contributed by atoms with Gasteiger partial charge in [-0.1, -0.05) is 13.0 Å². The summed E-state index contributed by atoms with van der Waals surface area (Å²) >= 11 is 0. The van der Waals surface area contributed by atoms with Gasteiger partial charge in [0.1, 0.15) is 0 Å². The van der Waals surface area contributed by atoms with Crippen molar-refractivity contribution in [1.82, 2.24) is 10.6 Å². The third-order valence-corrected chi connectivity index (χ3v) is 2.76. The number of hydrogen-bond donors (Lipinski definition) is 2. The lowest BCUT2D eigenvalue weighted by atomic mass is 10.1. The van der Waals surface area contributed by atoms with E-state index in [-0.39, 0.29) is 6.03 Å². The molecule has 1 rings (SSSR count). The summed E-state index contributed by atoms with van der Waals surface area (Å²) in [7, 11) is 1.62. The summed E-state index contributed by atoms with van der Waals surface area (Å²) in [6.07, 6.45) is 1.69. The fourth-order valence-electron chi connectivity index (χ4n) is 1.76. The summed E-state index contributed by atoms with van der Waals surface area (Å²) < 4.78 is 10.8. The van der Waals surface area contributed by atoms with E-state index < -0.39 is 0 Å². The highest BCUT2D eigenvalue weighted by molar-refractivity contribution is 5.73. The maximum absolute atomic E-state index is 11.4. The Morgan fingerprint density at radius 2 is 1.90 bits per heavy atom. The molecule has 5 heteroatoms. The predicted octanol–water partition coefficient (Wildman–Crippen LogP) is 2.35. The minimum Gasteiger partial charge on any atom is -0.493 e. The fraction of sp³-hybridized carbons (Fsp3) is 0.533. The first-order valence-electron chi connectivity index (χ1n) is 7.02. The third kappa shape index (κ3) is 5.38. The smallest absolute Gasteiger partial charge is 0.314 e. The highest BCUT2D eigenvalue weighted by atomic mass is 16.5. The average Bonchev–Trinajstić information content (AvgIpc) is 2.46. The molecule has 2 amide bonds. The molecule has 0 aliphatic carbocycles. The van der Waals surface area contributed by atoms with E-state index in [1.54, 1.807) is 7.11 Å². The molecule has 0 radical (unpaired) electrons. The van der Waals surface area contributed by atoms with Crippen molar-refractivity contribution < 1.29 is 14.3 Å². The number of ether oxygens (including phenoxy) is 2. The van der Waals surface area contributed by atoms with Crippen LogP contribution >= 0.6 is 0 Å². The topological polar surface area (TPSA) is 59.6 Å². The van der Waals surface area contributed by atoms with Gasteiger partial charge < -0.3 is 20.1 Å². The molecule has 5 nitrogen and oxygen atoms in total. The van der Waals surface area contributed by atoms with Crippen LogP contribution in [0.5, 0.6) is 11.5 Å². The standard InChI is InChI=1S/C15H24N2O3/c1-4-9-16-15(18)17-10-8-12-6-7-13(20-5-2)14(11-12)19-3/h6-7,11H,4-5,8-10H2,1-3H3,(H2,16,17,18). The van der Waals surface area contributed by atoms with Crippen molar-refractivity contribution in [1.29, 1.82) is 0 Å². The Kier molecular flexibility index (Phi) is 7.32. The number of rotatable bonds is 8. The van der Waals surface area contributed by atoms with E-state index in [0.717, 1.165) is 29.9 Å². The maximum Gasteiger partial charge on any atom is 0.314 e. The first kappa shape index (κ1) is 16.1. The van der Waals surface area contributed by atoms with E-state index in [9.17, 15) is 4.79 Å². The summed E-state index contributed by atoms with van der Waals surface area (Å²) in [5.41, 5.74) is 1.10. The van der Waals surface area contributed by atoms with Gasteiger partial charge in [0.25, 0.3) is 0 Å². The van der Waals surface area contributed by atoms with Crippen LogP contribution in [-0.2, 0) is 6.42 Å². The molecule has 0 heterocycles. The zero-order valence-corrected chi connectivity index (χ0v) is 12.5. The molecule has 0 fully saturated rings. The Morgan fingerprint density at radius 3 is 2.55 bits per heavy atom. The van der Waals surface area contributed by atoms with E-state index in [1.807, 2.05) is 32.0 Å². The van der Waals surface area contributed by atoms with Crippen molar-refractivity contribution in [2.75, 3.05) is 26.8 Å². The van der Waals surface area contributed by atoms with Crippen molar-refractivity contribution in [2.45, 2.75) is 26.7 Å². The lowest BCUT2D eigenvalue weighted by molar-refractivity contribution is 0.241. The van der Waals surface area contributed by atoms with Crippen LogP contribution in [0.4, 0.5) is 4.79 Å². The number of carbonyl (C=O) groups is 1. The minimum absolute atomic E-state index is 0.121. The van der Waals surface area contributed by atoms with E-state index in [0.29, 0.717) is 19.7 Å². The second-order valence-electron chi connectivity index (χ2n) is 4.35. The molecular formula is C15H24N2O3. The van der Waals surface area contributed by atoms with Crippen LogP contribution < -0.4 is 20.1 Å². The largest absolute Gasteiger partial charge is 0.493 e. The molecule has 2 N–H and O–H groups in total. The highest BCUT2D eigenvalue weighted by Gasteiger charge is 2.05. The average molecular weight is 280 g/mol. The highest BCUT2D eigenvalue weighted by Crippen LogP contribution is 2.28. The molecular weight excluding hydrogens is 256 g/mol. The van der Waals surface area contributed by atoms with E-state index in [2.05, 4.69) is 10.6 Å². The number of benzene rings is 1. The number of amides is 2. The summed E-state index contributed by atoms with van der Waals surface area (Å²) in [4.78, 5) is 11.4. The Bertz CT molecular complexity index is 422. The summed E-state index contributed by atoms with van der Waals surface area (Å²) in [5.74, 6) is 1.46. The molecule has 1 aromatic carbocycles. The number of methoxy groups -OCH3 is 1. The monoisotopic (exact) mass is 280 g/mol. The van der Waals surface area contributed by atoms with Crippen LogP contribution in [0, 0.1) is 0 Å². The van der Waals surface area contributed by atoms with Gasteiger partial charge in [-0.05, 0) is 37.5 Å². The molecule has 0 aliphatic rings. The van der Waals surface area contributed by atoms with E-state index >= 15 is 0 Å². The molecule has 0 spiro atoms. The fourth-order valence-corrected chi connectivity index (χ4v) is 1.76. The van der Waals surface area contributed by atoms with Gasteiger partial charge in [-0.3, -0.25) is 0 Å². The Morgan fingerprint density at radius 1 is 1.15 bits per heavy atom. The first-order valence-corrected chi connectivity index (χ1v) is 7.02. The second kappa shape index (κ2) is 9.07. The maximum atomic E-state index is 11.4. The van der Waals surface area contributed by atoms with Crippen LogP contribution in [0.3, 0.4) is 0 Å². The molecule has 20 heavy (non-hydrogen) atoms. The molecule has 0 atom stereocenters. The molecule has 0 unspecified atom stereocenters. The van der Waals surface area contributed by atoms with Gasteiger partial charge >= 0.3 is 6.03 Å². The lowest BCUT2D eigenvalue weighted by Crippen LogP contribution is -2.36. The van der Waals surface area contributed by atoms with Crippen molar-refractivity contribution in [3.63, 3.8) is 0 Å². The van der Waals surface area contributed by atoms with Crippen molar-refractivity contribution in [3.8, 4) is 11.5 Å². The molecule has 0 saturated heterocycles. The van der Waals surface area contributed by atoms with Gasteiger partial charge in [-0.2, -0.15) is 0 Å². The zero-order valence-electron chi connectivity index (χ0n) is 12.5. The zero-order chi connectivity index (χ0) is 14.8. The van der Waals surface area contributed by atoms with Crippen molar-refractivity contribution in [3.05, 3.63) is 23.8 Å². The number of nitrogens with one attached hydrogen (secondary N) is 2. The van der Waals surface area contributed by atoms with Gasteiger partial charge in [0.2, 0.25) is 0 Å². The molecule has 1 aromatic rings. The molecule has 0 aromatic heterocycles. The number of carbonyl (C=O) groups excluding carboxylic acids is 1. The van der Waals surface area contributed by atoms with Gasteiger partial charge in [-0.25, -0.2) is 4.79 Å². The normalized spacial score (nSPS) is 9.95. The van der Waals surface area contributed by atoms with Crippen LogP contribution in [0.1, 0.15) is 25.8 Å². The molecule has 112 valence electrons. The van der Waals surface area contributed by atoms with E-state index in [1.165, 1.54) is 0 Å². The molecule has 0 bridgehead atoms. The van der Waals surface area contributed by atoms with Gasteiger partial charge in [0.15, 0.2) is 11.5 Å². The Hall–Kier alpha value is -1.91. The number of hydrogen-bond acceptors (Lipinski definition) is 3. The predicted molar refractivity (Wildman–Crippen MR) is 79.6 cm³/mol. The minimum atomic E-state index is -0.121. The lowest BCUT2D eigenvalue weighted by Gasteiger charge is -2.11. The second-order valence-corrected chi connectivity index (χ2v) is 4.35.